The van der Waals surface area contributed by atoms with Crippen LogP contribution in [0.4, 0.5) is 5.69 Å². The largest absolute Gasteiger partial charge is 0.350 e. The van der Waals surface area contributed by atoms with Crippen LogP contribution in [0.3, 0.4) is 0 Å². The first-order valence-electron chi connectivity index (χ1n) is 12.9. The first kappa shape index (κ1) is 32.7. The lowest BCUT2D eigenvalue weighted by Crippen LogP contribution is -2.54. The molecule has 0 heterocycles. The summed E-state index contributed by atoms with van der Waals surface area (Å²) >= 11 is 18.7. The summed E-state index contributed by atoms with van der Waals surface area (Å²) < 4.78 is 28.9. The molecule has 7 nitrogen and oxygen atoms in total. The number of amides is 2. The molecule has 3 aromatic carbocycles. The maximum atomic E-state index is 14.0. The molecule has 0 saturated heterocycles. The molecule has 0 spiro atoms. The van der Waals surface area contributed by atoms with Crippen LogP contribution >= 0.6 is 34.8 Å². The van der Waals surface area contributed by atoms with Gasteiger partial charge in [0.05, 0.1) is 20.6 Å². The van der Waals surface area contributed by atoms with Crippen LogP contribution in [0.15, 0.2) is 65.6 Å². The van der Waals surface area contributed by atoms with Gasteiger partial charge in [-0.05, 0) is 89.1 Å². The summed E-state index contributed by atoms with van der Waals surface area (Å²) in [6.45, 7) is 10.1. The van der Waals surface area contributed by atoms with Crippen molar-refractivity contribution in [1.82, 2.24) is 10.2 Å². The summed E-state index contributed by atoms with van der Waals surface area (Å²) in [4.78, 5) is 28.6. The van der Waals surface area contributed by atoms with Gasteiger partial charge in [-0.1, -0.05) is 64.6 Å². The number of nitrogens with one attached hydrogen (secondary N) is 1. The van der Waals surface area contributed by atoms with Crippen LogP contribution in [0.2, 0.25) is 15.1 Å². The SMILES string of the molecule is Cc1ccc(S(=O)(=O)N(CC(=O)N(Cc2ccc(Cl)c(Cl)c2)[C@H](C)C(=O)NC(C)(C)C)c2ccc(C)c(Cl)c2)cc1. The van der Waals surface area contributed by atoms with Gasteiger partial charge in [0, 0.05) is 17.1 Å². The van der Waals surface area contributed by atoms with Gasteiger partial charge < -0.3 is 10.2 Å². The van der Waals surface area contributed by atoms with E-state index in [2.05, 4.69) is 5.32 Å². The van der Waals surface area contributed by atoms with E-state index in [0.29, 0.717) is 20.6 Å². The van der Waals surface area contributed by atoms with Crippen molar-refractivity contribution in [3.05, 3.63) is 92.4 Å². The minimum Gasteiger partial charge on any atom is -0.350 e. The van der Waals surface area contributed by atoms with Crippen molar-refractivity contribution in [2.45, 2.75) is 64.6 Å². The Kier molecular flexibility index (Phi) is 10.4. The number of halogens is 3. The van der Waals surface area contributed by atoms with Gasteiger partial charge in [0.2, 0.25) is 11.8 Å². The second-order valence-corrected chi connectivity index (χ2v) is 14.0. The van der Waals surface area contributed by atoms with Crippen molar-refractivity contribution in [2.75, 3.05) is 10.8 Å². The van der Waals surface area contributed by atoms with Gasteiger partial charge >= 0.3 is 0 Å². The highest BCUT2D eigenvalue weighted by Crippen LogP contribution is 2.29. The van der Waals surface area contributed by atoms with E-state index in [1.54, 1.807) is 56.3 Å². The van der Waals surface area contributed by atoms with Crippen molar-refractivity contribution in [3.63, 3.8) is 0 Å². The second-order valence-electron chi connectivity index (χ2n) is 10.9. The zero-order valence-electron chi connectivity index (χ0n) is 23.8. The van der Waals surface area contributed by atoms with Gasteiger partial charge in [-0.15, -0.1) is 0 Å². The molecule has 0 radical (unpaired) electrons. The molecular formula is C30H34Cl3N3O4S. The highest BCUT2D eigenvalue weighted by atomic mass is 35.5. The maximum absolute atomic E-state index is 14.0. The fraction of sp³-hybridized carbons (Fsp3) is 0.333. The molecule has 0 unspecified atom stereocenters. The highest BCUT2D eigenvalue weighted by Gasteiger charge is 2.33. The maximum Gasteiger partial charge on any atom is 0.264 e. The number of hydrogen-bond donors (Lipinski definition) is 1. The number of benzene rings is 3. The minimum atomic E-state index is -4.20. The number of aryl methyl sites for hydroxylation is 2. The Labute approximate surface area is 257 Å². The highest BCUT2D eigenvalue weighted by molar-refractivity contribution is 7.92. The number of anilines is 1. The van der Waals surface area contributed by atoms with Crippen molar-refractivity contribution < 1.29 is 18.0 Å². The molecule has 1 N–H and O–H groups in total. The van der Waals surface area contributed by atoms with Gasteiger partial charge in [0.1, 0.15) is 12.6 Å². The molecule has 0 aliphatic carbocycles. The molecule has 2 amide bonds. The standard InChI is InChI=1S/C30H34Cl3N3O4S/c1-19-7-12-24(13-8-19)41(39,40)36(23-11-9-20(2)26(32)16-23)18-28(37)35(21(3)29(38)34-30(4,5)6)17-22-10-14-25(31)27(33)15-22/h7-16,21H,17-18H2,1-6H3,(H,34,38)/t21-/m1/s1. The van der Waals surface area contributed by atoms with Crippen LogP contribution in [0.25, 0.3) is 0 Å². The fourth-order valence-electron chi connectivity index (χ4n) is 3.99. The number of carbonyl (C=O) groups is 2. The molecule has 0 aromatic heterocycles. The lowest BCUT2D eigenvalue weighted by atomic mass is 10.1. The average molecular weight is 639 g/mol. The van der Waals surface area contributed by atoms with Gasteiger partial charge in [0.15, 0.2) is 0 Å². The van der Waals surface area contributed by atoms with Crippen molar-refractivity contribution in [3.8, 4) is 0 Å². The number of carbonyl (C=O) groups excluding carboxylic acids is 2. The fourth-order valence-corrected chi connectivity index (χ4v) is 5.90. The smallest absolute Gasteiger partial charge is 0.264 e. The monoisotopic (exact) mass is 637 g/mol. The third-order valence-corrected chi connectivity index (χ3v) is 9.27. The van der Waals surface area contributed by atoms with Gasteiger partial charge in [-0.3, -0.25) is 13.9 Å². The summed E-state index contributed by atoms with van der Waals surface area (Å²) in [5, 5.41) is 3.88. The van der Waals surface area contributed by atoms with E-state index in [4.69, 9.17) is 34.8 Å². The lowest BCUT2D eigenvalue weighted by Gasteiger charge is -2.33. The van der Waals surface area contributed by atoms with Crippen LogP contribution < -0.4 is 9.62 Å². The number of hydrogen-bond acceptors (Lipinski definition) is 4. The van der Waals surface area contributed by atoms with E-state index >= 15 is 0 Å². The molecule has 0 bridgehead atoms. The molecule has 41 heavy (non-hydrogen) atoms. The first-order valence-corrected chi connectivity index (χ1v) is 15.5. The Bertz CT molecular complexity index is 1540. The molecule has 11 heteroatoms. The van der Waals surface area contributed by atoms with Crippen LogP contribution in [-0.2, 0) is 26.2 Å². The summed E-state index contributed by atoms with van der Waals surface area (Å²) in [5.74, 6) is -0.989. The number of nitrogens with zero attached hydrogens (tertiary/aromatic N) is 2. The van der Waals surface area contributed by atoms with Crippen molar-refractivity contribution in [1.29, 1.82) is 0 Å². The molecule has 3 rings (SSSR count). The predicted molar refractivity (Wildman–Crippen MR) is 166 cm³/mol. The van der Waals surface area contributed by atoms with Crippen LogP contribution in [0.5, 0.6) is 0 Å². The Morgan fingerprint density at radius 2 is 1.51 bits per heavy atom. The molecule has 0 fully saturated rings. The molecular weight excluding hydrogens is 605 g/mol. The van der Waals surface area contributed by atoms with Crippen molar-refractivity contribution in [2.24, 2.45) is 0 Å². The van der Waals surface area contributed by atoms with Crippen LogP contribution in [-0.4, -0.2) is 43.3 Å². The third kappa shape index (κ3) is 8.38. The van der Waals surface area contributed by atoms with E-state index in [1.807, 2.05) is 27.7 Å². The topological polar surface area (TPSA) is 86.8 Å². The van der Waals surface area contributed by atoms with E-state index in [0.717, 1.165) is 15.4 Å². The molecule has 1 atom stereocenters. The molecule has 220 valence electrons. The van der Waals surface area contributed by atoms with Gasteiger partial charge in [0.25, 0.3) is 10.0 Å². The number of sulfonamides is 1. The van der Waals surface area contributed by atoms with E-state index in [-0.39, 0.29) is 17.1 Å². The van der Waals surface area contributed by atoms with Crippen LogP contribution in [0, 0.1) is 13.8 Å². The van der Waals surface area contributed by atoms with Crippen molar-refractivity contribution >= 4 is 62.3 Å². The molecule has 0 aliphatic heterocycles. The third-order valence-electron chi connectivity index (χ3n) is 6.33. The normalized spacial score (nSPS) is 12.5. The second kappa shape index (κ2) is 13.0. The first-order chi connectivity index (χ1) is 19.0. The van der Waals surface area contributed by atoms with Crippen LogP contribution in [0.1, 0.15) is 44.4 Å². The van der Waals surface area contributed by atoms with E-state index < -0.39 is 40.0 Å². The summed E-state index contributed by atoms with van der Waals surface area (Å²) in [6.07, 6.45) is 0. The summed E-state index contributed by atoms with van der Waals surface area (Å²) in [7, 11) is -4.20. The zero-order chi connectivity index (χ0) is 30.7. The van der Waals surface area contributed by atoms with E-state index in [9.17, 15) is 18.0 Å². The number of rotatable bonds is 9. The average Bonchev–Trinajstić information content (AvgIpc) is 2.88. The van der Waals surface area contributed by atoms with E-state index in [1.165, 1.54) is 23.1 Å². The molecule has 0 aliphatic rings. The van der Waals surface area contributed by atoms with Gasteiger partial charge in [-0.2, -0.15) is 0 Å². The Balaban J connectivity index is 2.08. The quantitative estimate of drug-likeness (QED) is 0.280. The summed E-state index contributed by atoms with van der Waals surface area (Å²) in [5.41, 5.74) is 1.92. The predicted octanol–water partition coefficient (Wildman–Crippen LogP) is 6.79. The Hall–Kier alpha value is -2.78. The minimum absolute atomic E-state index is 0.0124. The Morgan fingerprint density at radius 3 is 2.07 bits per heavy atom. The lowest BCUT2D eigenvalue weighted by molar-refractivity contribution is -0.140. The Morgan fingerprint density at radius 1 is 0.878 bits per heavy atom. The summed E-state index contributed by atoms with van der Waals surface area (Å²) in [6, 6.07) is 15.1. The zero-order valence-corrected chi connectivity index (χ0v) is 26.9. The van der Waals surface area contributed by atoms with Gasteiger partial charge in [-0.25, -0.2) is 8.42 Å². The molecule has 0 saturated carbocycles. The molecule has 3 aromatic rings.